The quantitative estimate of drug-likeness (QED) is 0.422. The van der Waals surface area contributed by atoms with Crippen molar-refractivity contribution >= 4 is 0 Å². The molecule has 0 atom stereocenters. The summed E-state index contributed by atoms with van der Waals surface area (Å²) in [6.45, 7) is 6.03. The third kappa shape index (κ3) is 3.91. The summed E-state index contributed by atoms with van der Waals surface area (Å²) in [6.07, 6.45) is 5.67. The van der Waals surface area contributed by atoms with E-state index in [2.05, 4.69) is 19.9 Å². The fourth-order valence-corrected chi connectivity index (χ4v) is 0.494. The molecule has 0 fully saturated rings. The van der Waals surface area contributed by atoms with Crippen LogP contribution in [-0.4, -0.2) is 0 Å². The molecule has 54 valence electrons. The second-order valence-electron chi connectivity index (χ2n) is 2.46. The first-order valence-electron chi connectivity index (χ1n) is 3.45. The van der Waals surface area contributed by atoms with Crippen LogP contribution in [0.1, 0.15) is 20.8 Å². The highest BCUT2D eigenvalue weighted by molar-refractivity contribution is 5.32. The summed E-state index contributed by atoms with van der Waals surface area (Å²) < 4.78 is 0. The van der Waals surface area contributed by atoms with E-state index in [-0.39, 0.29) is 0 Å². The summed E-state index contributed by atoms with van der Waals surface area (Å²) in [5, 5.41) is 8.47. The molecule has 0 aliphatic heterocycles. The van der Waals surface area contributed by atoms with Gasteiger partial charge in [-0.15, -0.1) is 0 Å². The van der Waals surface area contributed by atoms with Crippen molar-refractivity contribution in [3.63, 3.8) is 0 Å². The van der Waals surface area contributed by atoms with Crippen LogP contribution in [0.15, 0.2) is 23.8 Å². The van der Waals surface area contributed by atoms with Gasteiger partial charge in [0.15, 0.2) is 0 Å². The summed E-state index contributed by atoms with van der Waals surface area (Å²) in [4.78, 5) is 0. The minimum atomic E-state index is 0.517. The van der Waals surface area contributed by atoms with Gasteiger partial charge in [0.25, 0.3) is 0 Å². The Morgan fingerprint density at radius 1 is 1.50 bits per heavy atom. The van der Waals surface area contributed by atoms with Gasteiger partial charge < -0.3 is 0 Å². The maximum Gasteiger partial charge on any atom is 0.0987 e. The first-order valence-corrected chi connectivity index (χ1v) is 3.45. The molecule has 0 N–H and O–H groups in total. The molecule has 10 heavy (non-hydrogen) atoms. The third-order valence-corrected chi connectivity index (χ3v) is 1.10. The van der Waals surface area contributed by atoms with Gasteiger partial charge in [-0.2, -0.15) is 5.26 Å². The van der Waals surface area contributed by atoms with Crippen LogP contribution in [0.4, 0.5) is 0 Å². The van der Waals surface area contributed by atoms with Crippen LogP contribution in [-0.2, 0) is 0 Å². The smallest absolute Gasteiger partial charge is 0.0987 e. The van der Waals surface area contributed by atoms with Crippen LogP contribution in [0, 0.1) is 17.2 Å². The SMILES string of the molecule is C/C=C(C#N)\C=C/C(C)C. The highest BCUT2D eigenvalue weighted by Gasteiger charge is 1.86. The normalized spacial score (nSPS) is 12.5. The van der Waals surface area contributed by atoms with Crippen molar-refractivity contribution in [2.45, 2.75) is 20.8 Å². The van der Waals surface area contributed by atoms with Gasteiger partial charge in [0.2, 0.25) is 0 Å². The lowest BCUT2D eigenvalue weighted by Gasteiger charge is -1.91. The molecule has 0 bridgehead atoms. The van der Waals surface area contributed by atoms with Crippen molar-refractivity contribution in [3.8, 4) is 6.07 Å². The number of hydrogen-bond acceptors (Lipinski definition) is 1. The van der Waals surface area contributed by atoms with Crippen molar-refractivity contribution in [1.82, 2.24) is 0 Å². The number of hydrogen-bond donors (Lipinski definition) is 0. The zero-order chi connectivity index (χ0) is 7.98. The molecular weight excluding hydrogens is 122 g/mol. The van der Waals surface area contributed by atoms with Gasteiger partial charge in [0.1, 0.15) is 0 Å². The second kappa shape index (κ2) is 4.81. The van der Waals surface area contributed by atoms with E-state index in [0.717, 1.165) is 5.57 Å². The van der Waals surface area contributed by atoms with Crippen molar-refractivity contribution in [2.24, 2.45) is 5.92 Å². The van der Waals surface area contributed by atoms with E-state index in [1.165, 1.54) is 0 Å². The number of rotatable bonds is 2. The molecule has 0 saturated heterocycles. The molecule has 0 aromatic heterocycles. The molecule has 0 aliphatic carbocycles. The first kappa shape index (κ1) is 8.97. The molecule has 1 nitrogen and oxygen atoms in total. The highest BCUT2D eigenvalue weighted by Crippen LogP contribution is 1.99. The van der Waals surface area contributed by atoms with Crippen LogP contribution in [0.3, 0.4) is 0 Å². The first-order chi connectivity index (χ1) is 4.70. The van der Waals surface area contributed by atoms with E-state index in [0.29, 0.717) is 5.92 Å². The van der Waals surface area contributed by atoms with Crippen LogP contribution in [0.5, 0.6) is 0 Å². The molecule has 0 heterocycles. The predicted molar refractivity (Wildman–Crippen MR) is 43.3 cm³/mol. The van der Waals surface area contributed by atoms with Gasteiger partial charge in [-0.3, -0.25) is 0 Å². The molecule has 0 aromatic rings. The topological polar surface area (TPSA) is 23.8 Å². The standard InChI is InChI=1S/C9H13N/c1-4-9(7-10)6-5-8(2)3/h4-6,8H,1-3H3/b6-5-,9-4+. The molecule has 0 rings (SSSR count). The number of nitrogens with zero attached hydrogens (tertiary/aromatic N) is 1. The van der Waals surface area contributed by atoms with Crippen molar-refractivity contribution in [2.75, 3.05) is 0 Å². The van der Waals surface area contributed by atoms with E-state index in [1.54, 1.807) is 6.08 Å². The van der Waals surface area contributed by atoms with Crippen molar-refractivity contribution < 1.29 is 0 Å². The number of allylic oxidation sites excluding steroid dienone is 4. The molecule has 0 unspecified atom stereocenters. The molecule has 0 aromatic carbocycles. The van der Waals surface area contributed by atoms with E-state index in [1.807, 2.05) is 19.1 Å². The summed E-state index contributed by atoms with van der Waals surface area (Å²) >= 11 is 0. The Morgan fingerprint density at radius 3 is 2.40 bits per heavy atom. The Balaban J connectivity index is 4.02. The van der Waals surface area contributed by atoms with Crippen LogP contribution in [0.2, 0.25) is 0 Å². The van der Waals surface area contributed by atoms with Gasteiger partial charge in [-0.05, 0) is 18.9 Å². The Hall–Kier alpha value is -1.03. The molecule has 0 aliphatic rings. The van der Waals surface area contributed by atoms with Crippen LogP contribution < -0.4 is 0 Å². The molecule has 0 spiro atoms. The lowest BCUT2D eigenvalue weighted by atomic mass is 10.1. The Morgan fingerprint density at radius 2 is 2.10 bits per heavy atom. The van der Waals surface area contributed by atoms with Gasteiger partial charge in [0, 0.05) is 5.57 Å². The maximum absolute atomic E-state index is 8.47. The van der Waals surface area contributed by atoms with Gasteiger partial charge in [0.05, 0.1) is 6.07 Å². The summed E-state index contributed by atoms with van der Waals surface area (Å²) in [7, 11) is 0. The summed E-state index contributed by atoms with van der Waals surface area (Å²) in [5.74, 6) is 0.517. The van der Waals surface area contributed by atoms with E-state index in [4.69, 9.17) is 5.26 Å². The molecular formula is C9H13N. The second-order valence-corrected chi connectivity index (χ2v) is 2.46. The zero-order valence-corrected chi connectivity index (χ0v) is 6.76. The molecule has 0 saturated carbocycles. The highest BCUT2D eigenvalue weighted by atomic mass is 14.2. The Kier molecular flexibility index (Phi) is 4.32. The Bertz CT molecular complexity index is 179. The monoisotopic (exact) mass is 135 g/mol. The zero-order valence-electron chi connectivity index (χ0n) is 6.76. The molecule has 0 amide bonds. The fourth-order valence-electron chi connectivity index (χ4n) is 0.494. The predicted octanol–water partition coefficient (Wildman–Crippen LogP) is 2.67. The van der Waals surface area contributed by atoms with E-state index < -0.39 is 0 Å². The van der Waals surface area contributed by atoms with E-state index >= 15 is 0 Å². The van der Waals surface area contributed by atoms with Gasteiger partial charge in [-0.1, -0.05) is 26.0 Å². The average molecular weight is 135 g/mol. The Labute approximate surface area is 62.7 Å². The number of nitriles is 1. The molecule has 0 radical (unpaired) electrons. The summed E-state index contributed by atoms with van der Waals surface area (Å²) in [5.41, 5.74) is 0.730. The van der Waals surface area contributed by atoms with Crippen LogP contribution >= 0.6 is 0 Å². The van der Waals surface area contributed by atoms with Gasteiger partial charge >= 0.3 is 0 Å². The largest absolute Gasteiger partial charge is 0.192 e. The average Bonchev–Trinajstić information content (AvgIpc) is 1.90. The lowest BCUT2D eigenvalue weighted by Crippen LogP contribution is -1.78. The van der Waals surface area contributed by atoms with E-state index in [9.17, 15) is 0 Å². The van der Waals surface area contributed by atoms with Gasteiger partial charge in [-0.25, -0.2) is 0 Å². The minimum Gasteiger partial charge on any atom is -0.192 e. The van der Waals surface area contributed by atoms with Crippen molar-refractivity contribution in [1.29, 1.82) is 5.26 Å². The summed E-state index contributed by atoms with van der Waals surface area (Å²) in [6, 6.07) is 2.08. The van der Waals surface area contributed by atoms with Crippen LogP contribution in [0.25, 0.3) is 0 Å². The maximum atomic E-state index is 8.47. The lowest BCUT2D eigenvalue weighted by molar-refractivity contribution is 0.831. The minimum absolute atomic E-state index is 0.517. The van der Waals surface area contributed by atoms with Crippen molar-refractivity contribution in [3.05, 3.63) is 23.8 Å². The third-order valence-electron chi connectivity index (χ3n) is 1.10. The molecule has 1 heteroatoms. The fraction of sp³-hybridized carbons (Fsp3) is 0.444.